The average molecular weight is 308 g/mol. The molecule has 0 fully saturated rings. The number of hydrogen-bond donors (Lipinski definition) is 1. The Morgan fingerprint density at radius 1 is 1.12 bits per heavy atom. The minimum absolute atomic E-state index is 0.893. The topological polar surface area (TPSA) is 12.0 Å². The highest BCUT2D eigenvalue weighted by Crippen LogP contribution is 2.21. The zero-order valence-corrected chi connectivity index (χ0v) is 11.8. The first-order chi connectivity index (χ1) is 8.34. The van der Waals surface area contributed by atoms with Gasteiger partial charge in [-0.25, -0.2) is 0 Å². The second-order valence-corrected chi connectivity index (χ2v) is 6.20. The van der Waals surface area contributed by atoms with E-state index in [1.807, 2.05) is 6.07 Å². The second-order valence-electron chi connectivity index (χ2n) is 3.65. The number of rotatable bonds is 5. The maximum atomic E-state index is 3.46. The molecule has 1 heterocycles. The highest BCUT2D eigenvalue weighted by molar-refractivity contribution is 9.11. The molecule has 0 aliphatic heterocycles. The van der Waals surface area contributed by atoms with Crippen molar-refractivity contribution >= 4 is 33.3 Å². The smallest absolute Gasteiger partial charge is 0.0701 e. The lowest BCUT2D eigenvalue weighted by Crippen LogP contribution is -2.11. The monoisotopic (exact) mass is 307 g/mol. The minimum Gasteiger partial charge on any atom is -0.308 e. The largest absolute Gasteiger partial charge is 0.308 e. The Labute approximate surface area is 114 Å². The van der Waals surface area contributed by atoms with E-state index in [4.69, 9.17) is 0 Å². The first kappa shape index (κ1) is 12.6. The zero-order chi connectivity index (χ0) is 11.9. The predicted molar refractivity (Wildman–Crippen MR) is 79.2 cm³/mol. The fourth-order valence-corrected chi connectivity index (χ4v) is 2.94. The molecule has 0 spiro atoms. The maximum absolute atomic E-state index is 3.46. The van der Waals surface area contributed by atoms with E-state index in [1.165, 1.54) is 14.2 Å². The fourth-order valence-electron chi connectivity index (χ4n) is 1.48. The summed E-state index contributed by atoms with van der Waals surface area (Å²) < 4.78 is 1.19. The Kier molecular flexibility index (Phi) is 4.98. The molecule has 3 heteroatoms. The van der Waals surface area contributed by atoms with Crippen LogP contribution < -0.4 is 5.32 Å². The van der Waals surface area contributed by atoms with Crippen LogP contribution in [0.2, 0.25) is 0 Å². The molecule has 88 valence electrons. The van der Waals surface area contributed by atoms with Gasteiger partial charge < -0.3 is 5.32 Å². The molecule has 0 amide bonds. The van der Waals surface area contributed by atoms with Crippen molar-refractivity contribution in [3.8, 4) is 0 Å². The van der Waals surface area contributed by atoms with Gasteiger partial charge in [-0.1, -0.05) is 42.5 Å². The Balaban J connectivity index is 1.71. The van der Waals surface area contributed by atoms with Crippen molar-refractivity contribution in [1.82, 2.24) is 5.32 Å². The number of benzene rings is 1. The fraction of sp³-hybridized carbons (Fsp3) is 0.143. The van der Waals surface area contributed by atoms with Gasteiger partial charge in [-0.15, -0.1) is 11.3 Å². The third-order valence-electron chi connectivity index (χ3n) is 2.30. The van der Waals surface area contributed by atoms with Gasteiger partial charge in [0.1, 0.15) is 0 Å². The molecule has 0 saturated heterocycles. The minimum atomic E-state index is 0.893. The summed E-state index contributed by atoms with van der Waals surface area (Å²) in [5.41, 5.74) is 1.24. The normalized spacial score (nSPS) is 11.1. The average Bonchev–Trinajstić information content (AvgIpc) is 2.76. The summed E-state index contributed by atoms with van der Waals surface area (Å²) in [6.07, 6.45) is 4.29. The van der Waals surface area contributed by atoms with Crippen LogP contribution in [0.25, 0.3) is 6.08 Å². The van der Waals surface area contributed by atoms with Gasteiger partial charge in [-0.2, -0.15) is 0 Å². The first-order valence-corrected chi connectivity index (χ1v) is 7.12. The number of nitrogens with one attached hydrogen (secondary N) is 1. The Morgan fingerprint density at radius 2 is 1.94 bits per heavy atom. The van der Waals surface area contributed by atoms with Gasteiger partial charge in [-0.3, -0.25) is 0 Å². The van der Waals surface area contributed by atoms with Crippen LogP contribution in [0.4, 0.5) is 0 Å². The van der Waals surface area contributed by atoms with Gasteiger partial charge in [0.05, 0.1) is 3.79 Å². The summed E-state index contributed by atoms with van der Waals surface area (Å²) >= 11 is 5.23. The predicted octanol–water partition coefficient (Wildman–Crippen LogP) is 4.31. The van der Waals surface area contributed by atoms with Crippen molar-refractivity contribution in [1.29, 1.82) is 0 Å². The van der Waals surface area contributed by atoms with Crippen LogP contribution in [0.1, 0.15) is 10.4 Å². The summed E-state index contributed by atoms with van der Waals surface area (Å²) in [5, 5.41) is 3.39. The molecule has 0 radical (unpaired) electrons. The SMILES string of the molecule is Brc1ccc(CNCC=Cc2ccccc2)s1. The highest BCUT2D eigenvalue weighted by atomic mass is 79.9. The molecule has 1 N–H and O–H groups in total. The standard InChI is InChI=1S/C14H14BrNS/c15-14-9-8-13(17-14)11-16-10-4-7-12-5-2-1-3-6-12/h1-9,16H,10-11H2. The Bertz CT molecular complexity index is 476. The van der Waals surface area contributed by atoms with E-state index in [9.17, 15) is 0 Å². The van der Waals surface area contributed by atoms with Gasteiger partial charge in [-0.05, 0) is 33.6 Å². The van der Waals surface area contributed by atoms with Crippen molar-refractivity contribution in [3.63, 3.8) is 0 Å². The summed E-state index contributed by atoms with van der Waals surface area (Å²) in [4.78, 5) is 1.35. The maximum Gasteiger partial charge on any atom is 0.0701 e. The lowest BCUT2D eigenvalue weighted by Gasteiger charge is -1.98. The van der Waals surface area contributed by atoms with Gasteiger partial charge in [0.2, 0.25) is 0 Å². The molecule has 0 bridgehead atoms. The summed E-state index contributed by atoms with van der Waals surface area (Å²) in [6.45, 7) is 1.82. The molecule has 1 aromatic heterocycles. The molecule has 1 aromatic carbocycles. The van der Waals surface area contributed by atoms with Crippen molar-refractivity contribution < 1.29 is 0 Å². The summed E-state index contributed by atoms with van der Waals surface area (Å²) in [7, 11) is 0. The van der Waals surface area contributed by atoms with Crippen LogP contribution in [0, 0.1) is 0 Å². The third-order valence-corrected chi connectivity index (χ3v) is 3.92. The molecular weight excluding hydrogens is 294 g/mol. The van der Waals surface area contributed by atoms with E-state index in [2.05, 4.69) is 69.8 Å². The first-order valence-electron chi connectivity index (χ1n) is 5.51. The second kappa shape index (κ2) is 6.74. The van der Waals surface area contributed by atoms with Gasteiger partial charge in [0, 0.05) is 18.0 Å². The van der Waals surface area contributed by atoms with E-state index in [1.54, 1.807) is 11.3 Å². The zero-order valence-electron chi connectivity index (χ0n) is 9.40. The quantitative estimate of drug-likeness (QED) is 0.812. The molecule has 0 unspecified atom stereocenters. The van der Waals surface area contributed by atoms with Crippen molar-refractivity contribution in [2.24, 2.45) is 0 Å². The van der Waals surface area contributed by atoms with Crippen molar-refractivity contribution in [2.45, 2.75) is 6.54 Å². The lowest BCUT2D eigenvalue weighted by atomic mass is 10.2. The van der Waals surface area contributed by atoms with Crippen LogP contribution >= 0.6 is 27.3 Å². The van der Waals surface area contributed by atoms with Crippen LogP contribution in [-0.2, 0) is 6.54 Å². The van der Waals surface area contributed by atoms with Crippen LogP contribution in [0.3, 0.4) is 0 Å². The molecule has 2 rings (SSSR count). The number of halogens is 1. The van der Waals surface area contributed by atoms with E-state index < -0.39 is 0 Å². The van der Waals surface area contributed by atoms with Crippen molar-refractivity contribution in [2.75, 3.05) is 6.54 Å². The van der Waals surface area contributed by atoms with Gasteiger partial charge in [0.15, 0.2) is 0 Å². The summed E-state index contributed by atoms with van der Waals surface area (Å²) in [6, 6.07) is 14.6. The molecule has 0 saturated carbocycles. The van der Waals surface area contributed by atoms with Crippen LogP contribution in [0.5, 0.6) is 0 Å². The summed E-state index contributed by atoms with van der Waals surface area (Å²) in [5.74, 6) is 0. The van der Waals surface area contributed by atoms with E-state index in [0.29, 0.717) is 0 Å². The Hall–Kier alpha value is -0.900. The van der Waals surface area contributed by atoms with Crippen LogP contribution in [0.15, 0.2) is 52.3 Å². The molecule has 0 aliphatic rings. The molecule has 17 heavy (non-hydrogen) atoms. The molecule has 2 aromatic rings. The molecule has 1 nitrogen and oxygen atoms in total. The number of thiophene rings is 1. The Morgan fingerprint density at radius 3 is 2.65 bits per heavy atom. The van der Waals surface area contributed by atoms with E-state index in [-0.39, 0.29) is 0 Å². The molecular formula is C14H14BrNS. The van der Waals surface area contributed by atoms with Crippen molar-refractivity contribution in [3.05, 3.63) is 62.8 Å². The third kappa shape index (κ3) is 4.46. The molecule has 0 aliphatic carbocycles. The number of hydrogen-bond acceptors (Lipinski definition) is 2. The highest BCUT2D eigenvalue weighted by Gasteiger charge is 1.95. The van der Waals surface area contributed by atoms with E-state index >= 15 is 0 Å². The van der Waals surface area contributed by atoms with Crippen LogP contribution in [-0.4, -0.2) is 6.54 Å². The van der Waals surface area contributed by atoms with E-state index in [0.717, 1.165) is 13.1 Å². The van der Waals surface area contributed by atoms with Gasteiger partial charge >= 0.3 is 0 Å². The van der Waals surface area contributed by atoms with Gasteiger partial charge in [0.25, 0.3) is 0 Å². The molecule has 0 atom stereocenters. The lowest BCUT2D eigenvalue weighted by molar-refractivity contribution is 0.771.